The second-order valence-corrected chi connectivity index (χ2v) is 9.34. The molecule has 1 aliphatic heterocycles. The number of fused-ring (bicyclic) bond motifs is 1. The number of nitrogens with one attached hydrogen (secondary N) is 3. The smallest absolute Gasteiger partial charge is 0.262 e. The van der Waals surface area contributed by atoms with Gasteiger partial charge in [-0.2, -0.15) is 0 Å². The van der Waals surface area contributed by atoms with E-state index in [-0.39, 0.29) is 28.9 Å². The van der Waals surface area contributed by atoms with Crippen LogP contribution >= 0.6 is 0 Å². The van der Waals surface area contributed by atoms with E-state index in [0.29, 0.717) is 10.9 Å². The number of carbonyl (C=O) groups is 1. The van der Waals surface area contributed by atoms with Crippen LogP contribution in [0.3, 0.4) is 0 Å². The number of amides is 1. The SMILES string of the molecule is Cc1cc2c(F)c(Oc3ncnc(Nc4ccc(CN5CCNCC5)cc4)c3C(=O)N(C)C)ccc2[nH]1. The van der Waals surface area contributed by atoms with Crippen LogP contribution in [0.5, 0.6) is 11.6 Å². The van der Waals surface area contributed by atoms with Crippen molar-refractivity contribution in [3.8, 4) is 11.6 Å². The first-order chi connectivity index (χ1) is 17.9. The number of H-pyrrole nitrogens is 1. The van der Waals surface area contributed by atoms with Crippen LogP contribution in [0.15, 0.2) is 48.8 Å². The molecule has 0 radical (unpaired) electrons. The summed E-state index contributed by atoms with van der Waals surface area (Å²) in [6.07, 6.45) is 1.29. The zero-order chi connectivity index (χ0) is 25.9. The monoisotopic (exact) mass is 503 g/mol. The Morgan fingerprint density at radius 3 is 2.62 bits per heavy atom. The summed E-state index contributed by atoms with van der Waals surface area (Å²) in [4.78, 5) is 28.6. The maximum Gasteiger partial charge on any atom is 0.262 e. The molecule has 4 aromatic rings. The van der Waals surface area contributed by atoms with Gasteiger partial charge in [-0.1, -0.05) is 12.1 Å². The molecule has 10 heteroatoms. The van der Waals surface area contributed by atoms with Crippen LogP contribution in [0.4, 0.5) is 15.9 Å². The summed E-state index contributed by atoms with van der Waals surface area (Å²) in [6, 6.07) is 13.0. The molecular formula is C27H30FN7O2. The topological polar surface area (TPSA) is 98.4 Å². The van der Waals surface area contributed by atoms with Gasteiger partial charge < -0.3 is 25.3 Å². The summed E-state index contributed by atoms with van der Waals surface area (Å²) in [5.74, 6) is -0.679. The highest BCUT2D eigenvalue weighted by Crippen LogP contribution is 2.33. The molecule has 3 N–H and O–H groups in total. The Kier molecular flexibility index (Phi) is 7.02. The summed E-state index contributed by atoms with van der Waals surface area (Å²) < 4.78 is 21.1. The normalized spacial score (nSPS) is 14.1. The molecule has 3 heterocycles. The Bertz CT molecular complexity index is 1410. The van der Waals surface area contributed by atoms with Crippen molar-refractivity contribution in [3.63, 3.8) is 0 Å². The highest BCUT2D eigenvalue weighted by molar-refractivity contribution is 6.01. The fourth-order valence-corrected chi connectivity index (χ4v) is 4.39. The van der Waals surface area contributed by atoms with Crippen LogP contribution in [0, 0.1) is 12.7 Å². The van der Waals surface area contributed by atoms with E-state index in [4.69, 9.17) is 4.74 Å². The van der Waals surface area contributed by atoms with Crippen molar-refractivity contribution < 1.29 is 13.9 Å². The maximum absolute atomic E-state index is 15.2. The second kappa shape index (κ2) is 10.5. The van der Waals surface area contributed by atoms with Crippen molar-refractivity contribution in [2.45, 2.75) is 13.5 Å². The molecule has 0 atom stereocenters. The number of aromatic nitrogens is 3. The summed E-state index contributed by atoms with van der Waals surface area (Å²) in [5.41, 5.74) is 3.58. The molecular weight excluding hydrogens is 473 g/mol. The van der Waals surface area contributed by atoms with Gasteiger partial charge in [0.25, 0.3) is 5.91 Å². The van der Waals surface area contributed by atoms with E-state index in [0.717, 1.165) is 44.1 Å². The molecule has 1 aliphatic rings. The first-order valence-electron chi connectivity index (χ1n) is 12.2. The number of halogens is 1. The molecule has 0 spiro atoms. The van der Waals surface area contributed by atoms with Crippen LogP contribution in [-0.4, -0.2) is 70.9 Å². The van der Waals surface area contributed by atoms with Crippen molar-refractivity contribution in [1.29, 1.82) is 0 Å². The number of benzene rings is 2. The largest absolute Gasteiger partial charge is 0.435 e. The van der Waals surface area contributed by atoms with Crippen LogP contribution < -0.4 is 15.4 Å². The molecule has 37 heavy (non-hydrogen) atoms. The lowest BCUT2D eigenvalue weighted by Crippen LogP contribution is -2.42. The molecule has 2 aromatic carbocycles. The minimum absolute atomic E-state index is 0.0266. The molecule has 1 saturated heterocycles. The number of rotatable bonds is 7. The number of hydrogen-bond donors (Lipinski definition) is 3. The van der Waals surface area contributed by atoms with Gasteiger partial charge in [0.15, 0.2) is 17.4 Å². The third-order valence-corrected chi connectivity index (χ3v) is 6.31. The minimum Gasteiger partial charge on any atom is -0.435 e. The average molecular weight is 504 g/mol. The minimum atomic E-state index is -0.529. The van der Waals surface area contributed by atoms with Gasteiger partial charge in [0, 0.05) is 69.1 Å². The molecule has 9 nitrogen and oxygen atoms in total. The lowest BCUT2D eigenvalue weighted by molar-refractivity contribution is 0.0825. The Morgan fingerprint density at radius 2 is 1.89 bits per heavy atom. The number of nitrogens with zero attached hydrogens (tertiary/aromatic N) is 4. The number of carbonyl (C=O) groups excluding carboxylic acids is 1. The van der Waals surface area contributed by atoms with Gasteiger partial charge in [-0.05, 0) is 42.8 Å². The summed E-state index contributed by atoms with van der Waals surface area (Å²) in [5, 5.41) is 6.98. The van der Waals surface area contributed by atoms with E-state index in [1.165, 1.54) is 22.9 Å². The van der Waals surface area contributed by atoms with E-state index in [1.54, 1.807) is 26.2 Å². The van der Waals surface area contributed by atoms with Crippen LogP contribution in [0.1, 0.15) is 21.6 Å². The molecule has 1 fully saturated rings. The third-order valence-electron chi connectivity index (χ3n) is 6.31. The maximum atomic E-state index is 15.2. The predicted octanol–water partition coefficient (Wildman–Crippen LogP) is 4.05. The van der Waals surface area contributed by atoms with Gasteiger partial charge in [0.2, 0.25) is 5.88 Å². The van der Waals surface area contributed by atoms with Crippen LogP contribution in [0.25, 0.3) is 10.9 Å². The highest BCUT2D eigenvalue weighted by Gasteiger charge is 2.24. The van der Waals surface area contributed by atoms with E-state index < -0.39 is 5.82 Å². The van der Waals surface area contributed by atoms with Gasteiger partial charge in [0.1, 0.15) is 11.9 Å². The fourth-order valence-electron chi connectivity index (χ4n) is 4.39. The van der Waals surface area contributed by atoms with Crippen LogP contribution in [0.2, 0.25) is 0 Å². The number of aromatic amines is 1. The van der Waals surface area contributed by atoms with Gasteiger partial charge in [-0.15, -0.1) is 0 Å². The van der Waals surface area contributed by atoms with E-state index in [1.807, 2.05) is 19.1 Å². The number of aryl methyl sites for hydroxylation is 1. The molecule has 192 valence electrons. The van der Waals surface area contributed by atoms with Crippen molar-refractivity contribution in [2.75, 3.05) is 45.6 Å². The zero-order valence-corrected chi connectivity index (χ0v) is 21.1. The standard InChI is InChI=1S/C27H30FN7O2/c1-17-14-20-21(32-17)8-9-22(24(20)28)37-26-23(27(36)34(2)3)25(30-16-31-26)33-19-6-4-18(5-7-19)15-35-12-10-29-11-13-35/h4-9,14,16,29,32H,10-13,15H2,1-3H3,(H,30,31,33). The van der Waals surface area contributed by atoms with Crippen molar-refractivity contribution in [3.05, 3.63) is 71.4 Å². The number of anilines is 2. The molecule has 0 aliphatic carbocycles. The first-order valence-corrected chi connectivity index (χ1v) is 12.2. The summed E-state index contributed by atoms with van der Waals surface area (Å²) in [7, 11) is 3.26. The summed E-state index contributed by atoms with van der Waals surface area (Å²) >= 11 is 0. The average Bonchev–Trinajstić information content (AvgIpc) is 3.28. The molecule has 5 rings (SSSR count). The fraction of sp³-hybridized carbons (Fsp3) is 0.296. The van der Waals surface area contributed by atoms with Crippen molar-refractivity contribution in [1.82, 2.24) is 30.1 Å². The van der Waals surface area contributed by atoms with E-state index in [2.05, 4.69) is 42.6 Å². The van der Waals surface area contributed by atoms with E-state index in [9.17, 15) is 4.79 Å². The Labute approximate surface area is 214 Å². The molecule has 0 bridgehead atoms. The van der Waals surface area contributed by atoms with Crippen LogP contribution in [-0.2, 0) is 6.54 Å². The van der Waals surface area contributed by atoms with E-state index >= 15 is 4.39 Å². The quantitative estimate of drug-likeness (QED) is 0.350. The van der Waals surface area contributed by atoms with Crippen molar-refractivity contribution >= 4 is 28.3 Å². The van der Waals surface area contributed by atoms with Crippen molar-refractivity contribution in [2.24, 2.45) is 0 Å². The first kappa shape index (κ1) is 24.7. The molecule has 2 aromatic heterocycles. The predicted molar refractivity (Wildman–Crippen MR) is 141 cm³/mol. The van der Waals surface area contributed by atoms with Gasteiger partial charge in [0.05, 0.1) is 0 Å². The zero-order valence-electron chi connectivity index (χ0n) is 21.1. The third kappa shape index (κ3) is 5.40. The van der Waals surface area contributed by atoms with Gasteiger partial charge in [-0.3, -0.25) is 9.69 Å². The second-order valence-electron chi connectivity index (χ2n) is 9.34. The van der Waals surface area contributed by atoms with Gasteiger partial charge >= 0.3 is 0 Å². The number of hydrogen-bond acceptors (Lipinski definition) is 7. The number of piperazine rings is 1. The Morgan fingerprint density at radius 1 is 1.14 bits per heavy atom. The lowest BCUT2D eigenvalue weighted by Gasteiger charge is -2.27. The van der Waals surface area contributed by atoms with Gasteiger partial charge in [-0.25, -0.2) is 14.4 Å². The number of ether oxygens (including phenoxy) is 1. The summed E-state index contributed by atoms with van der Waals surface area (Å²) in [6.45, 7) is 6.79. The Hall–Kier alpha value is -4.02. The molecule has 0 saturated carbocycles. The Balaban J connectivity index is 1.42. The molecule has 1 amide bonds. The highest BCUT2D eigenvalue weighted by atomic mass is 19.1. The lowest BCUT2D eigenvalue weighted by atomic mass is 10.1. The molecule has 0 unspecified atom stereocenters.